The number of urea groups is 1. The van der Waals surface area contributed by atoms with Crippen LogP contribution in [0.15, 0.2) is 48.8 Å². The van der Waals surface area contributed by atoms with Gasteiger partial charge in [-0.3, -0.25) is 0 Å². The zero-order valence-corrected chi connectivity index (χ0v) is 34.9. The quantitative estimate of drug-likeness (QED) is 0.145. The lowest BCUT2D eigenvalue weighted by Crippen LogP contribution is -2.43. The van der Waals surface area contributed by atoms with Crippen molar-refractivity contribution in [3.8, 4) is 28.3 Å². The number of aromatic nitrogens is 3. The minimum atomic E-state index is -0.576. The molecule has 0 aliphatic carbocycles. The summed E-state index contributed by atoms with van der Waals surface area (Å²) in [7, 11) is 0. The summed E-state index contributed by atoms with van der Waals surface area (Å²) in [6, 6.07) is 12.4. The van der Waals surface area contributed by atoms with E-state index >= 15 is 4.39 Å². The van der Waals surface area contributed by atoms with Crippen molar-refractivity contribution in [2.45, 2.75) is 97.9 Å². The number of fused-ring (bicyclic) bond motifs is 1. The largest absolute Gasteiger partial charge is 0.490 e. The maximum atomic E-state index is 15.2. The molecule has 312 valence electrons. The fourth-order valence-electron chi connectivity index (χ4n) is 8.67. The number of nitrogens with one attached hydrogen (secondary N) is 2. The smallest absolute Gasteiger partial charge is 0.410 e. The highest BCUT2D eigenvalue weighted by atomic mass is 19.1. The van der Waals surface area contributed by atoms with Crippen molar-refractivity contribution in [1.82, 2.24) is 29.7 Å². The first-order valence-corrected chi connectivity index (χ1v) is 21.0. The monoisotopic (exact) mass is 797 g/mol. The molecule has 5 heterocycles. The van der Waals surface area contributed by atoms with Gasteiger partial charge < -0.3 is 39.6 Å². The highest BCUT2D eigenvalue weighted by Crippen LogP contribution is 2.36. The van der Waals surface area contributed by atoms with Crippen LogP contribution in [0.25, 0.3) is 33.5 Å². The summed E-state index contributed by atoms with van der Waals surface area (Å²) in [5.41, 5.74) is 4.12. The first kappa shape index (κ1) is 41.4. The number of H-pyrrole nitrogens is 1. The number of β-amino-alcohol motifs (C(OH)–C–C–N with tert-alkyl or cyclic N) is 1. The number of amides is 3. The lowest BCUT2D eigenvalue weighted by molar-refractivity contribution is 0.0175. The van der Waals surface area contributed by atoms with Crippen LogP contribution in [0.1, 0.15) is 78.7 Å². The molecule has 3 aliphatic rings. The number of ether oxygens (including phenoxy) is 2. The number of carbonyl (C=O) groups is 2. The highest BCUT2D eigenvalue weighted by molar-refractivity contribution is 5.97. The topological polar surface area (TPSA) is 136 Å². The van der Waals surface area contributed by atoms with Crippen LogP contribution >= 0.6 is 0 Å². The van der Waals surface area contributed by atoms with Crippen LogP contribution in [0.4, 0.5) is 19.7 Å². The zero-order chi connectivity index (χ0) is 41.1. The van der Waals surface area contributed by atoms with E-state index in [-0.39, 0.29) is 30.7 Å². The molecule has 3 amide bonds. The third-order valence-corrected chi connectivity index (χ3v) is 11.9. The second-order valence-electron chi connectivity index (χ2n) is 18.0. The molecule has 3 N–H and O–H groups in total. The SMILES string of the molecule is Cc1c(NC(=O)N2C[C@H](CC(C)C)[C@@H](O)C2)cc(F)cc1-c1ncnc2[nH]c(-c3ccc(OC4CCN(CCC5CCN(C(=O)OC(C)(C)C)CC5)CC4)cc3)cc12. The molecule has 0 radical (unpaired) electrons. The normalized spacial score (nSPS) is 19.9. The minimum Gasteiger partial charge on any atom is -0.490 e. The number of nitrogens with zero attached hydrogens (tertiary/aromatic N) is 5. The molecule has 3 saturated heterocycles. The molecule has 0 bridgehead atoms. The average molecular weight is 798 g/mol. The number of hydrogen-bond donors (Lipinski definition) is 3. The molecule has 58 heavy (non-hydrogen) atoms. The first-order valence-electron chi connectivity index (χ1n) is 21.0. The van der Waals surface area contributed by atoms with Crippen LogP contribution in [0.2, 0.25) is 0 Å². The fourth-order valence-corrected chi connectivity index (χ4v) is 8.67. The predicted molar refractivity (Wildman–Crippen MR) is 224 cm³/mol. The lowest BCUT2D eigenvalue weighted by atomic mass is 9.93. The highest BCUT2D eigenvalue weighted by Gasteiger charge is 2.35. The van der Waals surface area contributed by atoms with E-state index in [0.29, 0.717) is 46.5 Å². The molecular weight excluding hydrogens is 738 g/mol. The molecule has 0 saturated carbocycles. The molecular formula is C45H60FN7O5. The summed E-state index contributed by atoms with van der Waals surface area (Å²) >= 11 is 0. The Labute approximate surface area is 341 Å². The lowest BCUT2D eigenvalue weighted by Gasteiger charge is -2.36. The molecule has 4 aromatic rings. The number of halogens is 1. The van der Waals surface area contributed by atoms with Gasteiger partial charge in [-0.15, -0.1) is 0 Å². The summed E-state index contributed by atoms with van der Waals surface area (Å²) < 4.78 is 27.1. The minimum absolute atomic E-state index is 0.0194. The first-order chi connectivity index (χ1) is 27.7. The van der Waals surface area contributed by atoms with Crippen molar-refractivity contribution >= 4 is 28.8 Å². The third-order valence-electron chi connectivity index (χ3n) is 11.9. The summed E-state index contributed by atoms with van der Waals surface area (Å²) in [5.74, 6) is 1.41. The Balaban J connectivity index is 0.927. The van der Waals surface area contributed by atoms with Crippen LogP contribution in [0.5, 0.6) is 5.75 Å². The number of likely N-dealkylation sites (tertiary alicyclic amines) is 3. The van der Waals surface area contributed by atoms with Crippen molar-refractivity contribution in [3.63, 3.8) is 0 Å². The standard InChI is InChI=1S/C45H60FN7O5/c1-28(2)21-32-25-53(26-40(32)54)43(55)50-38-23-33(46)22-36(29(38)3)41-37-24-39(49-42(37)48-27-47-41)31-7-9-34(10-8-31)57-35-14-17-51(18-15-35)16-11-30-12-19-52(20-13-30)44(56)58-45(4,5)6/h7-10,22-24,27-28,30,32,35,40,54H,11-21,25-26H2,1-6H3,(H,50,55)(H,47,48,49)/t32-,40-/m0/s1. The van der Waals surface area contributed by atoms with Crippen LogP contribution < -0.4 is 10.1 Å². The Bertz CT molecular complexity index is 2050. The fraction of sp³-hybridized carbons (Fsp3) is 0.556. The van der Waals surface area contributed by atoms with E-state index in [2.05, 4.69) is 39.0 Å². The third kappa shape index (κ3) is 10.1. The number of aliphatic hydroxyl groups excluding tert-OH is 1. The van der Waals surface area contributed by atoms with Gasteiger partial charge in [0.05, 0.1) is 11.8 Å². The average Bonchev–Trinajstić information content (AvgIpc) is 3.79. The molecule has 3 aliphatic heterocycles. The Kier molecular flexibility index (Phi) is 12.6. The summed E-state index contributed by atoms with van der Waals surface area (Å²) in [6.07, 6.45) is 6.86. The van der Waals surface area contributed by atoms with Gasteiger partial charge in [0.15, 0.2) is 0 Å². The second-order valence-corrected chi connectivity index (χ2v) is 18.0. The van der Waals surface area contributed by atoms with Gasteiger partial charge in [0.2, 0.25) is 0 Å². The van der Waals surface area contributed by atoms with E-state index < -0.39 is 17.5 Å². The number of carbonyl (C=O) groups excluding carboxylic acids is 2. The second kappa shape index (κ2) is 17.6. The van der Waals surface area contributed by atoms with E-state index in [1.807, 2.05) is 62.9 Å². The van der Waals surface area contributed by atoms with Crippen molar-refractivity contribution in [2.24, 2.45) is 17.8 Å². The molecule has 12 nitrogen and oxygen atoms in total. The summed E-state index contributed by atoms with van der Waals surface area (Å²) in [6.45, 7) is 17.1. The summed E-state index contributed by atoms with van der Waals surface area (Å²) in [5, 5.41) is 14.2. The van der Waals surface area contributed by atoms with E-state index in [1.165, 1.54) is 18.5 Å². The van der Waals surface area contributed by atoms with Gasteiger partial charge in [0.25, 0.3) is 0 Å². The van der Waals surface area contributed by atoms with Crippen LogP contribution in [0.3, 0.4) is 0 Å². The molecule has 2 aromatic heterocycles. The van der Waals surface area contributed by atoms with E-state index in [1.54, 1.807) is 4.90 Å². The van der Waals surface area contributed by atoms with Gasteiger partial charge in [-0.2, -0.15) is 0 Å². The molecule has 2 atom stereocenters. The number of anilines is 1. The maximum absolute atomic E-state index is 15.2. The van der Waals surface area contributed by atoms with Gasteiger partial charge >= 0.3 is 12.1 Å². The Morgan fingerprint density at radius 1 is 0.983 bits per heavy atom. The number of rotatable bonds is 10. The van der Waals surface area contributed by atoms with Crippen molar-refractivity contribution < 1.29 is 28.6 Å². The number of benzene rings is 2. The van der Waals surface area contributed by atoms with Crippen LogP contribution in [0, 0.1) is 30.5 Å². The van der Waals surface area contributed by atoms with Crippen LogP contribution in [-0.4, -0.2) is 111 Å². The molecule has 0 spiro atoms. The van der Waals surface area contributed by atoms with Gasteiger partial charge in [0.1, 0.15) is 35.2 Å². The molecule has 7 rings (SSSR count). The number of piperidine rings is 2. The van der Waals surface area contributed by atoms with Crippen molar-refractivity contribution in [1.29, 1.82) is 0 Å². The van der Waals surface area contributed by atoms with E-state index in [9.17, 15) is 14.7 Å². The van der Waals surface area contributed by atoms with Crippen molar-refractivity contribution in [3.05, 3.63) is 60.2 Å². The summed E-state index contributed by atoms with van der Waals surface area (Å²) in [4.78, 5) is 44.1. The van der Waals surface area contributed by atoms with Gasteiger partial charge in [-0.05, 0) is 138 Å². The number of aromatic amines is 1. The van der Waals surface area contributed by atoms with E-state index in [4.69, 9.17) is 9.47 Å². The molecule has 0 unspecified atom stereocenters. The van der Waals surface area contributed by atoms with Gasteiger partial charge in [0, 0.05) is 67.5 Å². The van der Waals surface area contributed by atoms with Crippen molar-refractivity contribution in [2.75, 3.05) is 51.1 Å². The predicted octanol–water partition coefficient (Wildman–Crippen LogP) is 8.49. The molecule has 13 heteroatoms. The Morgan fingerprint density at radius 3 is 2.40 bits per heavy atom. The van der Waals surface area contributed by atoms with Crippen LogP contribution in [-0.2, 0) is 4.74 Å². The van der Waals surface area contributed by atoms with Gasteiger partial charge in [-0.1, -0.05) is 13.8 Å². The Hall–Kier alpha value is -4.75. The maximum Gasteiger partial charge on any atom is 0.410 e. The molecule has 3 fully saturated rings. The number of hydrogen-bond acceptors (Lipinski definition) is 8. The Morgan fingerprint density at radius 2 is 1.71 bits per heavy atom. The zero-order valence-electron chi connectivity index (χ0n) is 34.9. The molecule has 2 aromatic carbocycles. The van der Waals surface area contributed by atoms with Gasteiger partial charge in [-0.25, -0.2) is 23.9 Å². The number of aliphatic hydroxyl groups is 1. The van der Waals surface area contributed by atoms with E-state index in [0.717, 1.165) is 93.6 Å².